The van der Waals surface area contributed by atoms with E-state index in [9.17, 15) is 19.5 Å². The van der Waals surface area contributed by atoms with Crippen molar-refractivity contribution < 1.29 is 29.7 Å². The van der Waals surface area contributed by atoms with Crippen LogP contribution in [0.5, 0.6) is 0 Å². The minimum atomic E-state index is -1.46. The average molecular weight is 305 g/mol. The second-order valence-corrected chi connectivity index (χ2v) is 5.08. The summed E-state index contributed by atoms with van der Waals surface area (Å²) in [5, 5.41) is 31.4. The van der Waals surface area contributed by atoms with E-state index < -0.39 is 48.6 Å². The number of aliphatic hydroxyl groups is 2. The van der Waals surface area contributed by atoms with Crippen molar-refractivity contribution in [1.29, 1.82) is 0 Å². The molecular weight excluding hydrogens is 282 g/mol. The van der Waals surface area contributed by atoms with Gasteiger partial charge in [-0.3, -0.25) is 9.59 Å². The lowest BCUT2D eigenvalue weighted by Crippen LogP contribution is -2.58. The third kappa shape index (κ3) is 6.06. The van der Waals surface area contributed by atoms with Gasteiger partial charge in [0.15, 0.2) is 0 Å². The maximum Gasteiger partial charge on any atom is 0.328 e. The van der Waals surface area contributed by atoms with Crippen molar-refractivity contribution in [2.45, 2.75) is 45.0 Å². The van der Waals surface area contributed by atoms with Crippen LogP contribution < -0.4 is 16.4 Å². The molecule has 9 nitrogen and oxygen atoms in total. The molecule has 0 aromatic carbocycles. The number of nitrogens with two attached hydrogens (primary N) is 1. The maximum atomic E-state index is 12.0. The van der Waals surface area contributed by atoms with E-state index in [-0.39, 0.29) is 5.92 Å². The number of carbonyl (C=O) groups excluding carboxylic acids is 2. The van der Waals surface area contributed by atoms with Gasteiger partial charge in [0.2, 0.25) is 11.8 Å². The fourth-order valence-electron chi connectivity index (χ4n) is 1.45. The minimum Gasteiger partial charge on any atom is -0.480 e. The first-order chi connectivity index (χ1) is 9.61. The number of nitrogens with one attached hydrogen (secondary N) is 2. The first kappa shape index (κ1) is 19.3. The topological polar surface area (TPSA) is 162 Å². The number of rotatable bonds is 8. The molecule has 0 aliphatic heterocycles. The summed E-state index contributed by atoms with van der Waals surface area (Å²) in [4.78, 5) is 34.5. The van der Waals surface area contributed by atoms with E-state index in [0.717, 1.165) is 0 Å². The van der Waals surface area contributed by atoms with Crippen LogP contribution in [0.2, 0.25) is 0 Å². The van der Waals surface area contributed by atoms with Crippen LogP contribution in [0.3, 0.4) is 0 Å². The lowest BCUT2D eigenvalue weighted by Gasteiger charge is -2.25. The summed E-state index contributed by atoms with van der Waals surface area (Å²) in [7, 11) is 0. The van der Waals surface area contributed by atoms with E-state index in [4.69, 9.17) is 15.9 Å². The van der Waals surface area contributed by atoms with E-state index in [1.165, 1.54) is 6.92 Å². The molecule has 9 heteroatoms. The molecule has 0 heterocycles. The van der Waals surface area contributed by atoms with Crippen molar-refractivity contribution >= 4 is 17.8 Å². The number of aliphatic carboxylic acids is 1. The van der Waals surface area contributed by atoms with Crippen molar-refractivity contribution in [3.05, 3.63) is 0 Å². The largest absolute Gasteiger partial charge is 0.480 e. The van der Waals surface area contributed by atoms with E-state index in [1.807, 2.05) is 0 Å². The number of aliphatic hydroxyl groups excluding tert-OH is 2. The molecule has 0 rings (SSSR count). The van der Waals surface area contributed by atoms with Crippen LogP contribution in [0.25, 0.3) is 0 Å². The Morgan fingerprint density at radius 2 is 1.62 bits per heavy atom. The van der Waals surface area contributed by atoms with Crippen molar-refractivity contribution in [3.63, 3.8) is 0 Å². The Balaban J connectivity index is 4.87. The number of carboxylic acid groups (broad SMARTS) is 1. The molecule has 21 heavy (non-hydrogen) atoms. The monoisotopic (exact) mass is 305 g/mol. The minimum absolute atomic E-state index is 0.344. The Kier molecular flexibility index (Phi) is 7.85. The van der Waals surface area contributed by atoms with Gasteiger partial charge in [0.05, 0.1) is 12.7 Å². The van der Waals surface area contributed by atoms with Gasteiger partial charge in [-0.25, -0.2) is 4.79 Å². The molecule has 0 aliphatic rings. The quantitative estimate of drug-likeness (QED) is 0.286. The molecule has 0 aromatic heterocycles. The second kappa shape index (κ2) is 8.55. The number of carboxylic acids is 1. The molecule has 0 saturated carbocycles. The summed E-state index contributed by atoms with van der Waals surface area (Å²) in [6.07, 6.45) is -1.09. The lowest BCUT2D eigenvalue weighted by molar-refractivity contribution is -0.143. The highest BCUT2D eigenvalue weighted by atomic mass is 16.4. The Bertz CT molecular complexity index is 385. The highest BCUT2D eigenvalue weighted by Gasteiger charge is 2.30. The number of carbonyl (C=O) groups is 3. The van der Waals surface area contributed by atoms with Gasteiger partial charge in [-0.05, 0) is 12.8 Å². The fraction of sp³-hybridized carbons (Fsp3) is 0.750. The zero-order chi connectivity index (χ0) is 16.7. The van der Waals surface area contributed by atoms with Crippen LogP contribution in [0.15, 0.2) is 0 Å². The van der Waals surface area contributed by atoms with Gasteiger partial charge >= 0.3 is 5.97 Å². The predicted molar refractivity (Wildman–Crippen MR) is 73.1 cm³/mol. The van der Waals surface area contributed by atoms with Gasteiger partial charge in [0, 0.05) is 0 Å². The molecule has 7 N–H and O–H groups in total. The van der Waals surface area contributed by atoms with Crippen LogP contribution in [-0.4, -0.2) is 63.9 Å². The van der Waals surface area contributed by atoms with E-state index in [0.29, 0.717) is 0 Å². The van der Waals surface area contributed by atoms with Gasteiger partial charge in [-0.2, -0.15) is 0 Å². The van der Waals surface area contributed by atoms with Gasteiger partial charge in [-0.15, -0.1) is 0 Å². The SMILES string of the molecule is CC(C)C(NC(=O)C(N)C(C)O)C(=O)NC(CO)C(=O)O. The molecule has 2 amide bonds. The molecule has 0 bridgehead atoms. The van der Waals surface area contributed by atoms with E-state index in [2.05, 4.69) is 10.6 Å². The average Bonchev–Trinajstić information content (AvgIpc) is 2.39. The molecular formula is C12H23N3O6. The predicted octanol–water partition coefficient (Wildman–Crippen LogP) is -2.60. The standard InChI is InChI=1S/C12H23N3O6/c1-5(2)9(15-10(18)8(13)6(3)17)11(19)14-7(4-16)12(20)21/h5-9,16-17H,4,13H2,1-3H3,(H,14,19)(H,15,18)(H,20,21). The van der Waals surface area contributed by atoms with Gasteiger partial charge < -0.3 is 31.7 Å². The van der Waals surface area contributed by atoms with Crippen LogP contribution in [-0.2, 0) is 14.4 Å². The molecule has 4 unspecified atom stereocenters. The Labute approximate surface area is 122 Å². The van der Waals surface area contributed by atoms with Crippen LogP contribution in [0.4, 0.5) is 0 Å². The molecule has 0 radical (unpaired) electrons. The lowest BCUT2D eigenvalue weighted by atomic mass is 10.0. The van der Waals surface area contributed by atoms with Crippen LogP contribution >= 0.6 is 0 Å². The van der Waals surface area contributed by atoms with Crippen molar-refractivity contribution in [2.24, 2.45) is 11.7 Å². The summed E-state index contributed by atoms with van der Waals surface area (Å²) in [5.74, 6) is -3.21. The molecule has 0 aliphatic carbocycles. The van der Waals surface area contributed by atoms with Gasteiger partial charge in [0.1, 0.15) is 18.1 Å². The summed E-state index contributed by atoms with van der Waals surface area (Å²) in [6.45, 7) is 3.86. The Hall–Kier alpha value is -1.71. The summed E-state index contributed by atoms with van der Waals surface area (Å²) in [5.41, 5.74) is 5.46. The smallest absolute Gasteiger partial charge is 0.328 e. The highest BCUT2D eigenvalue weighted by Crippen LogP contribution is 2.04. The normalized spacial score (nSPS) is 16.7. The summed E-state index contributed by atoms with van der Waals surface area (Å²) >= 11 is 0. The summed E-state index contributed by atoms with van der Waals surface area (Å²) < 4.78 is 0. The number of hydrogen-bond donors (Lipinski definition) is 6. The molecule has 4 atom stereocenters. The van der Waals surface area contributed by atoms with Crippen molar-refractivity contribution in [2.75, 3.05) is 6.61 Å². The van der Waals surface area contributed by atoms with Crippen molar-refractivity contribution in [1.82, 2.24) is 10.6 Å². The van der Waals surface area contributed by atoms with Crippen LogP contribution in [0.1, 0.15) is 20.8 Å². The molecule has 122 valence electrons. The third-order valence-electron chi connectivity index (χ3n) is 2.87. The van der Waals surface area contributed by atoms with Gasteiger partial charge in [-0.1, -0.05) is 13.8 Å². The molecule has 0 spiro atoms. The Morgan fingerprint density at radius 1 is 1.10 bits per heavy atom. The van der Waals surface area contributed by atoms with Gasteiger partial charge in [0.25, 0.3) is 0 Å². The number of amides is 2. The maximum absolute atomic E-state index is 12.0. The molecule has 0 saturated heterocycles. The van der Waals surface area contributed by atoms with Crippen LogP contribution in [0, 0.1) is 5.92 Å². The first-order valence-electron chi connectivity index (χ1n) is 6.49. The highest BCUT2D eigenvalue weighted by molar-refractivity contribution is 5.92. The summed E-state index contributed by atoms with van der Waals surface area (Å²) in [6, 6.07) is -3.69. The zero-order valence-corrected chi connectivity index (χ0v) is 12.2. The van der Waals surface area contributed by atoms with Crippen molar-refractivity contribution in [3.8, 4) is 0 Å². The molecule has 0 aromatic rings. The second-order valence-electron chi connectivity index (χ2n) is 5.08. The Morgan fingerprint density at radius 3 is 1.95 bits per heavy atom. The fourth-order valence-corrected chi connectivity index (χ4v) is 1.45. The van der Waals surface area contributed by atoms with E-state index >= 15 is 0 Å². The van der Waals surface area contributed by atoms with E-state index in [1.54, 1.807) is 13.8 Å². The zero-order valence-electron chi connectivity index (χ0n) is 12.2. The third-order valence-corrected chi connectivity index (χ3v) is 2.87. The first-order valence-corrected chi connectivity index (χ1v) is 6.49. The molecule has 0 fully saturated rings. The number of hydrogen-bond acceptors (Lipinski definition) is 6.